The Morgan fingerprint density at radius 2 is 1.97 bits per heavy atom. The Hall–Kier alpha value is -3.27. The van der Waals surface area contributed by atoms with E-state index >= 15 is 0 Å². The summed E-state index contributed by atoms with van der Waals surface area (Å²) in [6, 6.07) is 5.04. The quantitative estimate of drug-likeness (QED) is 0.508. The van der Waals surface area contributed by atoms with E-state index in [4.69, 9.17) is 4.74 Å². The van der Waals surface area contributed by atoms with Gasteiger partial charge in [0.05, 0.1) is 5.75 Å². The van der Waals surface area contributed by atoms with Gasteiger partial charge < -0.3 is 14.5 Å². The van der Waals surface area contributed by atoms with Gasteiger partial charge in [0, 0.05) is 37.5 Å². The maximum Gasteiger partial charge on any atom is 0.342 e. The number of benzene rings is 1. The summed E-state index contributed by atoms with van der Waals surface area (Å²) < 4.78 is 32.7. The first-order valence-corrected chi connectivity index (χ1v) is 11.4. The van der Waals surface area contributed by atoms with Crippen molar-refractivity contribution >= 4 is 39.2 Å². The molecule has 3 heterocycles. The van der Waals surface area contributed by atoms with Crippen LogP contribution in [0.4, 0.5) is 5.69 Å². The van der Waals surface area contributed by atoms with Gasteiger partial charge in [-0.1, -0.05) is 0 Å². The minimum Gasteiger partial charge on any atom is -0.451 e. The molecule has 0 saturated carbocycles. The third kappa shape index (κ3) is 4.02. The van der Waals surface area contributed by atoms with Gasteiger partial charge in [-0.15, -0.1) is 4.40 Å². The number of rotatable bonds is 4. The largest absolute Gasteiger partial charge is 0.451 e. The summed E-state index contributed by atoms with van der Waals surface area (Å²) in [5.41, 5.74) is 2.03. The molecule has 0 N–H and O–H groups in total. The lowest BCUT2D eigenvalue weighted by molar-refractivity contribution is -0.141. The van der Waals surface area contributed by atoms with Gasteiger partial charge in [-0.3, -0.25) is 9.59 Å². The standard InChI is InChI=1S/C21H21N3O6S/c1-13(19(26)16-5-6-18-15(12-16)7-9-24(18)14(2)25)30-21(27)17-4-3-8-23-10-11-31(28,29)22-20(17)23/h3-6,8,12-13H,7,9-11H2,1-2H3/t13-/m1/s1. The number of allylic oxidation sites excluding steroid dienone is 2. The Kier molecular flexibility index (Phi) is 5.26. The van der Waals surface area contributed by atoms with Crippen LogP contribution in [-0.2, 0) is 30.8 Å². The van der Waals surface area contributed by atoms with Gasteiger partial charge in [0.25, 0.3) is 10.0 Å². The van der Waals surface area contributed by atoms with Crippen molar-refractivity contribution in [3.8, 4) is 0 Å². The number of fused-ring (bicyclic) bond motifs is 2. The molecule has 0 saturated heterocycles. The highest BCUT2D eigenvalue weighted by Crippen LogP contribution is 2.29. The van der Waals surface area contributed by atoms with E-state index in [2.05, 4.69) is 4.40 Å². The number of amides is 1. The molecular weight excluding hydrogens is 422 g/mol. The number of ether oxygens (including phenoxy) is 1. The van der Waals surface area contributed by atoms with Crippen molar-refractivity contribution in [1.29, 1.82) is 0 Å². The number of carbonyl (C=O) groups is 3. The fourth-order valence-electron chi connectivity index (χ4n) is 3.77. The van der Waals surface area contributed by atoms with Gasteiger partial charge in [0.1, 0.15) is 5.57 Å². The average molecular weight is 443 g/mol. The maximum absolute atomic E-state index is 12.8. The van der Waals surface area contributed by atoms with Crippen molar-refractivity contribution in [2.24, 2.45) is 4.40 Å². The topological polar surface area (TPSA) is 113 Å². The number of amidine groups is 1. The Balaban J connectivity index is 1.50. The Morgan fingerprint density at radius 3 is 2.71 bits per heavy atom. The summed E-state index contributed by atoms with van der Waals surface area (Å²) in [7, 11) is -3.66. The molecule has 1 amide bonds. The van der Waals surface area contributed by atoms with Crippen molar-refractivity contribution in [3.63, 3.8) is 0 Å². The number of nitrogens with zero attached hydrogens (tertiary/aromatic N) is 3. The molecule has 9 nitrogen and oxygen atoms in total. The molecule has 0 aliphatic carbocycles. The fraction of sp³-hybridized carbons (Fsp3) is 0.333. The first-order chi connectivity index (χ1) is 14.7. The van der Waals surface area contributed by atoms with Crippen molar-refractivity contribution in [3.05, 3.63) is 53.3 Å². The Bertz CT molecular complexity index is 1180. The molecule has 0 aromatic heterocycles. The molecule has 3 aliphatic rings. The fourth-order valence-corrected chi connectivity index (χ4v) is 4.76. The smallest absolute Gasteiger partial charge is 0.342 e. The molecule has 162 valence electrons. The number of carbonyl (C=O) groups excluding carboxylic acids is 3. The second kappa shape index (κ2) is 7.77. The third-order valence-electron chi connectivity index (χ3n) is 5.37. The molecule has 0 bridgehead atoms. The summed E-state index contributed by atoms with van der Waals surface area (Å²) in [5, 5.41) is 0. The number of ketones is 1. The van der Waals surface area contributed by atoms with Crippen LogP contribution in [0.3, 0.4) is 0 Å². The second-order valence-corrected chi connectivity index (χ2v) is 9.25. The van der Waals surface area contributed by atoms with Crippen LogP contribution >= 0.6 is 0 Å². The van der Waals surface area contributed by atoms with Crippen LogP contribution in [0.15, 0.2) is 46.5 Å². The second-order valence-electron chi connectivity index (χ2n) is 7.49. The van der Waals surface area contributed by atoms with Crippen LogP contribution < -0.4 is 4.90 Å². The van der Waals surface area contributed by atoms with E-state index in [1.165, 1.54) is 19.9 Å². The highest BCUT2D eigenvalue weighted by molar-refractivity contribution is 7.90. The SMILES string of the molecule is CC(=O)N1CCc2cc(C(=O)[C@@H](C)OC(=O)C3=CC=CN4CCS(=O)(=O)N=C34)ccc21. The van der Waals surface area contributed by atoms with Crippen molar-refractivity contribution < 1.29 is 27.5 Å². The maximum atomic E-state index is 12.8. The third-order valence-corrected chi connectivity index (χ3v) is 6.52. The monoisotopic (exact) mass is 443 g/mol. The summed E-state index contributed by atoms with van der Waals surface area (Å²) in [5.74, 6) is -1.41. The number of sulfonamides is 1. The molecule has 1 aromatic rings. The van der Waals surface area contributed by atoms with Gasteiger partial charge in [-0.2, -0.15) is 0 Å². The van der Waals surface area contributed by atoms with Gasteiger partial charge in [-0.25, -0.2) is 13.2 Å². The van der Waals surface area contributed by atoms with Crippen LogP contribution in [-0.4, -0.2) is 61.8 Å². The zero-order chi connectivity index (χ0) is 22.3. The number of hydrogen-bond donors (Lipinski definition) is 0. The molecule has 1 atom stereocenters. The minimum absolute atomic E-state index is 0.000235. The van der Waals surface area contributed by atoms with E-state index in [9.17, 15) is 22.8 Å². The number of anilines is 1. The van der Waals surface area contributed by atoms with E-state index in [1.54, 1.807) is 40.3 Å². The minimum atomic E-state index is -3.66. The van der Waals surface area contributed by atoms with Crippen molar-refractivity contribution in [2.45, 2.75) is 26.4 Å². The predicted octanol–water partition coefficient (Wildman–Crippen LogP) is 1.21. The first kappa shape index (κ1) is 21.0. The van der Waals surface area contributed by atoms with Crippen LogP contribution in [0, 0.1) is 0 Å². The molecule has 0 spiro atoms. The van der Waals surface area contributed by atoms with Gasteiger partial charge in [-0.05, 0) is 49.3 Å². The summed E-state index contributed by atoms with van der Waals surface area (Å²) >= 11 is 0. The first-order valence-electron chi connectivity index (χ1n) is 9.80. The van der Waals surface area contributed by atoms with Gasteiger partial charge in [0.2, 0.25) is 11.7 Å². The molecule has 31 heavy (non-hydrogen) atoms. The summed E-state index contributed by atoms with van der Waals surface area (Å²) in [6.07, 6.45) is 4.21. The van der Waals surface area contributed by atoms with Crippen LogP contribution in [0.2, 0.25) is 0 Å². The number of hydrogen-bond acceptors (Lipinski definition) is 7. The molecular formula is C21H21N3O6S. The summed E-state index contributed by atoms with van der Waals surface area (Å²) in [6.45, 7) is 3.71. The molecule has 1 aromatic carbocycles. The van der Waals surface area contributed by atoms with E-state index in [-0.39, 0.29) is 35.4 Å². The van der Waals surface area contributed by atoms with E-state index in [0.29, 0.717) is 18.5 Å². The highest BCUT2D eigenvalue weighted by atomic mass is 32.2. The zero-order valence-electron chi connectivity index (χ0n) is 17.1. The molecule has 0 radical (unpaired) electrons. The van der Waals surface area contributed by atoms with Crippen molar-refractivity contribution in [2.75, 3.05) is 23.7 Å². The molecule has 0 unspecified atom stereocenters. The Morgan fingerprint density at radius 1 is 1.19 bits per heavy atom. The normalized spacial score (nSPS) is 19.7. The number of esters is 1. The van der Waals surface area contributed by atoms with E-state index in [1.807, 2.05) is 0 Å². The van der Waals surface area contributed by atoms with Crippen LogP contribution in [0.1, 0.15) is 29.8 Å². The summed E-state index contributed by atoms with van der Waals surface area (Å²) in [4.78, 5) is 40.4. The molecule has 4 rings (SSSR count). The van der Waals surface area contributed by atoms with Crippen LogP contribution in [0.5, 0.6) is 0 Å². The molecule has 3 aliphatic heterocycles. The Labute approximate surface area is 179 Å². The number of Topliss-reactive ketones (excluding diaryl/α,β-unsaturated/α-hetero) is 1. The van der Waals surface area contributed by atoms with Gasteiger partial charge in [0.15, 0.2) is 11.9 Å². The van der Waals surface area contributed by atoms with E-state index in [0.717, 1.165) is 11.3 Å². The molecule has 10 heteroatoms. The lowest BCUT2D eigenvalue weighted by Gasteiger charge is -2.28. The zero-order valence-corrected chi connectivity index (χ0v) is 17.9. The van der Waals surface area contributed by atoms with Gasteiger partial charge >= 0.3 is 5.97 Å². The van der Waals surface area contributed by atoms with Crippen molar-refractivity contribution in [1.82, 2.24) is 4.90 Å². The highest BCUT2D eigenvalue weighted by Gasteiger charge is 2.32. The van der Waals surface area contributed by atoms with E-state index < -0.39 is 22.1 Å². The lowest BCUT2D eigenvalue weighted by atomic mass is 10.0. The molecule has 0 fully saturated rings. The van der Waals surface area contributed by atoms with Crippen LogP contribution in [0.25, 0.3) is 0 Å². The average Bonchev–Trinajstić information content (AvgIpc) is 3.15. The predicted molar refractivity (Wildman–Crippen MR) is 113 cm³/mol. The lowest BCUT2D eigenvalue weighted by Crippen LogP contribution is -2.40.